The van der Waals surface area contributed by atoms with E-state index in [1.54, 1.807) is 11.8 Å². The van der Waals surface area contributed by atoms with Gasteiger partial charge in [0.15, 0.2) is 11.5 Å². The highest BCUT2D eigenvalue weighted by atomic mass is 16.5. The van der Waals surface area contributed by atoms with Crippen molar-refractivity contribution in [2.75, 3.05) is 33.0 Å². The molecule has 6 nitrogen and oxygen atoms in total. The molecule has 6 heteroatoms. The minimum atomic E-state index is 0.216. The van der Waals surface area contributed by atoms with Crippen LogP contribution < -0.4 is 15.2 Å². The van der Waals surface area contributed by atoms with Crippen molar-refractivity contribution in [3.05, 3.63) is 24.3 Å². The number of hydrogen-bond donors (Lipinski definition) is 1. The van der Waals surface area contributed by atoms with Gasteiger partial charge in [-0.1, -0.05) is 0 Å². The average molecular weight is 288 g/mol. The summed E-state index contributed by atoms with van der Waals surface area (Å²) in [6.45, 7) is 1.87. The third-order valence-electron chi connectivity index (χ3n) is 3.70. The maximum absolute atomic E-state index is 6.01. The smallest absolute Gasteiger partial charge is 0.162 e. The second kappa shape index (κ2) is 5.29. The molecular formula is C15H20N4O2. The number of nitrogens with zero attached hydrogens (tertiary/aromatic N) is 3. The van der Waals surface area contributed by atoms with Crippen LogP contribution in [0.15, 0.2) is 24.3 Å². The monoisotopic (exact) mass is 288 g/mol. The first-order chi connectivity index (χ1) is 10.1. The number of likely N-dealkylation sites (N-methyl/N-ethyl adjacent to an activating group) is 1. The second-order valence-corrected chi connectivity index (χ2v) is 5.40. The van der Waals surface area contributed by atoms with Gasteiger partial charge in [0.1, 0.15) is 11.9 Å². The number of ether oxygens (including phenoxy) is 2. The van der Waals surface area contributed by atoms with Crippen LogP contribution in [0.4, 0.5) is 5.82 Å². The number of aryl methyl sites for hydroxylation is 1. The van der Waals surface area contributed by atoms with E-state index in [4.69, 9.17) is 15.2 Å². The highest BCUT2D eigenvalue weighted by Gasteiger charge is 2.26. The zero-order chi connectivity index (χ0) is 15.0. The highest BCUT2D eigenvalue weighted by Crippen LogP contribution is 2.34. The number of hydrogen-bond acceptors (Lipinski definition) is 5. The van der Waals surface area contributed by atoms with E-state index in [1.807, 2.05) is 31.3 Å². The first kappa shape index (κ1) is 13.8. The van der Waals surface area contributed by atoms with Crippen LogP contribution in [-0.4, -0.2) is 48.0 Å². The Morgan fingerprint density at radius 1 is 1.19 bits per heavy atom. The zero-order valence-electron chi connectivity index (χ0n) is 12.5. The molecule has 1 saturated heterocycles. The fourth-order valence-electron chi connectivity index (χ4n) is 2.45. The first-order valence-electron chi connectivity index (χ1n) is 6.90. The minimum absolute atomic E-state index is 0.216. The predicted octanol–water partition coefficient (Wildman–Crippen LogP) is 1.37. The number of methoxy groups -OCH3 is 1. The molecule has 0 amide bonds. The van der Waals surface area contributed by atoms with Gasteiger partial charge in [-0.3, -0.25) is 9.58 Å². The van der Waals surface area contributed by atoms with E-state index in [9.17, 15) is 0 Å². The maximum Gasteiger partial charge on any atom is 0.162 e. The average Bonchev–Trinajstić information content (AvgIpc) is 2.77. The lowest BCUT2D eigenvalue weighted by atomic mass is 10.1. The summed E-state index contributed by atoms with van der Waals surface area (Å²) in [5.74, 6) is 2.11. The summed E-state index contributed by atoms with van der Waals surface area (Å²) in [5.41, 5.74) is 7.63. The van der Waals surface area contributed by atoms with Crippen LogP contribution in [0.25, 0.3) is 11.3 Å². The molecule has 0 spiro atoms. The van der Waals surface area contributed by atoms with Crippen molar-refractivity contribution in [1.82, 2.24) is 14.7 Å². The van der Waals surface area contributed by atoms with Crippen LogP contribution in [0.1, 0.15) is 0 Å². The van der Waals surface area contributed by atoms with Gasteiger partial charge in [0, 0.05) is 31.8 Å². The molecule has 0 radical (unpaired) electrons. The standard InChI is InChI=1S/C15H20N4O2/c1-18-8-11(9-18)21-14-6-10(4-5-13(14)20-3)12-7-15(16)19(2)17-12/h4-7,11H,8-9,16H2,1-3H3. The predicted molar refractivity (Wildman–Crippen MR) is 81.5 cm³/mol. The number of rotatable bonds is 4. The molecule has 1 aliphatic rings. The van der Waals surface area contributed by atoms with Crippen LogP contribution in [0.3, 0.4) is 0 Å². The third kappa shape index (κ3) is 2.67. The van der Waals surface area contributed by atoms with E-state index in [0.717, 1.165) is 35.8 Å². The number of nitrogen functional groups attached to an aromatic ring is 1. The van der Waals surface area contributed by atoms with E-state index in [2.05, 4.69) is 17.0 Å². The van der Waals surface area contributed by atoms with Crippen molar-refractivity contribution in [3.8, 4) is 22.8 Å². The Balaban J connectivity index is 1.88. The molecule has 1 aromatic heterocycles. The molecule has 21 heavy (non-hydrogen) atoms. The number of anilines is 1. The Labute approximate surface area is 124 Å². The molecule has 1 aliphatic heterocycles. The van der Waals surface area contributed by atoms with Gasteiger partial charge in [-0.15, -0.1) is 0 Å². The summed E-state index contributed by atoms with van der Waals surface area (Å²) in [6.07, 6.45) is 0.216. The number of likely N-dealkylation sites (tertiary alicyclic amines) is 1. The van der Waals surface area contributed by atoms with E-state index in [0.29, 0.717) is 5.82 Å². The van der Waals surface area contributed by atoms with Gasteiger partial charge < -0.3 is 15.2 Å². The summed E-state index contributed by atoms with van der Waals surface area (Å²) >= 11 is 0. The molecule has 0 atom stereocenters. The molecule has 0 unspecified atom stereocenters. The van der Waals surface area contributed by atoms with Crippen molar-refractivity contribution in [3.63, 3.8) is 0 Å². The fraction of sp³-hybridized carbons (Fsp3) is 0.400. The second-order valence-electron chi connectivity index (χ2n) is 5.40. The van der Waals surface area contributed by atoms with Crippen LogP contribution in [0.2, 0.25) is 0 Å². The molecule has 0 aliphatic carbocycles. The Morgan fingerprint density at radius 2 is 1.95 bits per heavy atom. The minimum Gasteiger partial charge on any atom is -0.493 e. The molecule has 3 rings (SSSR count). The van der Waals surface area contributed by atoms with Gasteiger partial charge in [0.05, 0.1) is 12.8 Å². The SMILES string of the molecule is COc1ccc(-c2cc(N)n(C)n2)cc1OC1CN(C)C1. The quantitative estimate of drug-likeness (QED) is 0.920. The van der Waals surface area contributed by atoms with Crippen molar-refractivity contribution in [1.29, 1.82) is 0 Å². The van der Waals surface area contributed by atoms with Crippen molar-refractivity contribution < 1.29 is 9.47 Å². The number of aromatic nitrogens is 2. The van der Waals surface area contributed by atoms with Crippen LogP contribution in [0, 0.1) is 0 Å². The van der Waals surface area contributed by atoms with Gasteiger partial charge in [0.25, 0.3) is 0 Å². The largest absolute Gasteiger partial charge is 0.493 e. The topological polar surface area (TPSA) is 65.5 Å². The number of benzene rings is 1. The summed E-state index contributed by atoms with van der Waals surface area (Å²) in [5, 5.41) is 4.39. The Hall–Kier alpha value is -2.21. The molecule has 1 aromatic carbocycles. The van der Waals surface area contributed by atoms with E-state index >= 15 is 0 Å². The normalized spacial score (nSPS) is 15.8. The first-order valence-corrected chi connectivity index (χ1v) is 6.90. The van der Waals surface area contributed by atoms with Crippen molar-refractivity contribution in [2.45, 2.75) is 6.10 Å². The van der Waals surface area contributed by atoms with Crippen molar-refractivity contribution >= 4 is 5.82 Å². The maximum atomic E-state index is 6.01. The molecular weight excluding hydrogens is 268 g/mol. The Kier molecular flexibility index (Phi) is 3.47. The lowest BCUT2D eigenvalue weighted by Gasteiger charge is -2.36. The summed E-state index contributed by atoms with van der Waals surface area (Å²) in [4.78, 5) is 2.21. The van der Waals surface area contributed by atoms with E-state index < -0.39 is 0 Å². The molecule has 112 valence electrons. The lowest BCUT2D eigenvalue weighted by molar-refractivity contribution is 0.0370. The summed E-state index contributed by atoms with van der Waals surface area (Å²) < 4.78 is 13.0. The Bertz CT molecular complexity index is 628. The molecule has 2 heterocycles. The molecule has 2 N–H and O–H groups in total. The molecule has 0 saturated carbocycles. The fourth-order valence-corrected chi connectivity index (χ4v) is 2.45. The van der Waals surface area contributed by atoms with E-state index in [1.165, 1.54) is 0 Å². The van der Waals surface area contributed by atoms with Crippen LogP contribution >= 0.6 is 0 Å². The van der Waals surface area contributed by atoms with Gasteiger partial charge in [-0.05, 0) is 25.2 Å². The summed E-state index contributed by atoms with van der Waals surface area (Å²) in [6, 6.07) is 7.67. The van der Waals surface area contributed by atoms with Crippen LogP contribution in [-0.2, 0) is 7.05 Å². The zero-order valence-corrected chi connectivity index (χ0v) is 12.5. The lowest BCUT2D eigenvalue weighted by Crippen LogP contribution is -2.51. The van der Waals surface area contributed by atoms with Gasteiger partial charge in [-0.2, -0.15) is 5.10 Å². The summed E-state index contributed by atoms with van der Waals surface area (Å²) in [7, 11) is 5.54. The highest BCUT2D eigenvalue weighted by molar-refractivity contribution is 5.66. The van der Waals surface area contributed by atoms with Gasteiger partial charge >= 0.3 is 0 Å². The van der Waals surface area contributed by atoms with Crippen molar-refractivity contribution in [2.24, 2.45) is 7.05 Å². The van der Waals surface area contributed by atoms with Crippen LogP contribution in [0.5, 0.6) is 11.5 Å². The number of nitrogens with two attached hydrogens (primary N) is 1. The van der Waals surface area contributed by atoms with Gasteiger partial charge in [-0.25, -0.2) is 0 Å². The molecule has 2 aromatic rings. The molecule has 0 bridgehead atoms. The third-order valence-corrected chi connectivity index (χ3v) is 3.70. The van der Waals surface area contributed by atoms with Gasteiger partial charge in [0.2, 0.25) is 0 Å². The molecule has 1 fully saturated rings. The Morgan fingerprint density at radius 3 is 2.52 bits per heavy atom. The van der Waals surface area contributed by atoms with E-state index in [-0.39, 0.29) is 6.10 Å².